The van der Waals surface area contributed by atoms with Gasteiger partial charge < -0.3 is 14.4 Å². The van der Waals surface area contributed by atoms with E-state index in [-0.39, 0.29) is 13.1 Å². The Labute approximate surface area is 122 Å². The number of carbonyl (C=O) groups excluding carboxylic acids is 3. The molecule has 0 aromatic heterocycles. The Morgan fingerprint density at radius 3 is 2.43 bits per heavy atom. The predicted molar refractivity (Wildman–Crippen MR) is 72.7 cm³/mol. The lowest BCUT2D eigenvalue weighted by atomic mass is 10.1. The Kier molecular flexibility index (Phi) is 4.11. The predicted octanol–water partition coefficient (Wildman–Crippen LogP) is 0.0310. The zero-order valence-corrected chi connectivity index (χ0v) is 12.1. The van der Waals surface area contributed by atoms with Crippen molar-refractivity contribution in [3.05, 3.63) is 23.8 Å². The van der Waals surface area contributed by atoms with Crippen molar-refractivity contribution in [1.29, 1.82) is 0 Å². The van der Waals surface area contributed by atoms with Crippen LogP contribution in [0.5, 0.6) is 11.5 Å². The minimum atomic E-state index is -0.821. The molecule has 2 rings (SSSR count). The summed E-state index contributed by atoms with van der Waals surface area (Å²) >= 11 is 0. The van der Waals surface area contributed by atoms with Gasteiger partial charge in [-0.25, -0.2) is 0 Å². The first-order chi connectivity index (χ1) is 9.97. The first kappa shape index (κ1) is 14.8. The molecule has 0 N–H and O–H groups in total. The van der Waals surface area contributed by atoms with Crippen LogP contribution < -0.4 is 9.47 Å². The summed E-state index contributed by atoms with van der Waals surface area (Å²) in [7, 11) is 4.34. The van der Waals surface area contributed by atoms with Gasteiger partial charge in [0.2, 0.25) is 5.91 Å². The highest BCUT2D eigenvalue weighted by Gasteiger charge is 2.36. The van der Waals surface area contributed by atoms with Gasteiger partial charge in [0.05, 0.1) is 20.8 Å². The van der Waals surface area contributed by atoms with Crippen molar-refractivity contribution in [3.63, 3.8) is 0 Å². The molecule has 0 bridgehead atoms. The fraction of sp³-hybridized carbons (Fsp3) is 0.357. The summed E-state index contributed by atoms with van der Waals surface area (Å²) in [5.41, 5.74) is 0.691. The van der Waals surface area contributed by atoms with E-state index in [1.54, 1.807) is 18.2 Å². The standard InChI is InChI=1S/C14H16N2O5/c1-15-12(17)8-16(14(19)13(15)18)7-9-4-5-10(20-2)6-11(9)21-3/h4-6H,7-8H2,1-3H3. The largest absolute Gasteiger partial charge is 0.497 e. The second kappa shape index (κ2) is 5.82. The van der Waals surface area contributed by atoms with E-state index in [4.69, 9.17) is 9.47 Å². The van der Waals surface area contributed by atoms with E-state index in [0.29, 0.717) is 17.1 Å². The third-order valence-corrected chi connectivity index (χ3v) is 3.33. The molecule has 0 spiro atoms. The van der Waals surface area contributed by atoms with Crippen molar-refractivity contribution in [1.82, 2.24) is 9.80 Å². The quantitative estimate of drug-likeness (QED) is 0.578. The molecule has 0 atom stereocenters. The van der Waals surface area contributed by atoms with Crippen molar-refractivity contribution in [3.8, 4) is 11.5 Å². The molecule has 0 saturated carbocycles. The van der Waals surface area contributed by atoms with Crippen LogP contribution in [0.1, 0.15) is 5.56 Å². The minimum absolute atomic E-state index is 0.122. The van der Waals surface area contributed by atoms with Gasteiger partial charge in [-0.3, -0.25) is 19.3 Å². The molecular weight excluding hydrogens is 276 g/mol. The smallest absolute Gasteiger partial charge is 0.318 e. The maximum Gasteiger partial charge on any atom is 0.318 e. The van der Waals surface area contributed by atoms with Crippen molar-refractivity contribution < 1.29 is 23.9 Å². The summed E-state index contributed by atoms with van der Waals surface area (Å²) in [4.78, 5) is 37.3. The summed E-state index contributed by atoms with van der Waals surface area (Å²) in [6, 6.07) is 5.14. The summed E-state index contributed by atoms with van der Waals surface area (Å²) in [5, 5.41) is 0. The van der Waals surface area contributed by atoms with Crippen LogP contribution in [0.15, 0.2) is 18.2 Å². The van der Waals surface area contributed by atoms with E-state index in [0.717, 1.165) is 4.90 Å². The van der Waals surface area contributed by atoms with Gasteiger partial charge in [0.15, 0.2) is 0 Å². The average Bonchev–Trinajstić information content (AvgIpc) is 2.50. The Morgan fingerprint density at radius 2 is 1.81 bits per heavy atom. The number of carbonyl (C=O) groups is 3. The van der Waals surface area contributed by atoms with Crippen LogP contribution in [0.25, 0.3) is 0 Å². The number of rotatable bonds is 4. The van der Waals surface area contributed by atoms with Gasteiger partial charge in [-0.05, 0) is 12.1 Å². The molecule has 112 valence electrons. The maximum absolute atomic E-state index is 11.9. The number of hydrogen-bond donors (Lipinski definition) is 0. The Hall–Kier alpha value is -2.57. The second-order valence-corrected chi connectivity index (χ2v) is 4.60. The summed E-state index contributed by atoms with van der Waals surface area (Å²) in [6.07, 6.45) is 0. The normalized spacial score (nSPS) is 15.5. The van der Waals surface area contributed by atoms with Crippen molar-refractivity contribution in [2.45, 2.75) is 6.54 Å². The molecular formula is C14H16N2O5. The Balaban J connectivity index is 2.23. The van der Waals surface area contributed by atoms with Crippen LogP contribution in [0.3, 0.4) is 0 Å². The van der Waals surface area contributed by atoms with Gasteiger partial charge in [0.1, 0.15) is 18.0 Å². The highest BCUT2D eigenvalue weighted by Crippen LogP contribution is 2.26. The van der Waals surface area contributed by atoms with Gasteiger partial charge in [-0.2, -0.15) is 0 Å². The highest BCUT2D eigenvalue weighted by molar-refractivity contribution is 6.39. The van der Waals surface area contributed by atoms with Gasteiger partial charge in [0, 0.05) is 18.7 Å². The van der Waals surface area contributed by atoms with Gasteiger partial charge in [-0.15, -0.1) is 0 Å². The molecule has 7 nitrogen and oxygen atoms in total. The first-order valence-electron chi connectivity index (χ1n) is 6.28. The van der Waals surface area contributed by atoms with E-state index in [9.17, 15) is 14.4 Å². The van der Waals surface area contributed by atoms with Crippen LogP contribution in [0.2, 0.25) is 0 Å². The van der Waals surface area contributed by atoms with E-state index < -0.39 is 17.7 Å². The molecule has 1 fully saturated rings. The molecule has 1 aliphatic heterocycles. The molecule has 0 unspecified atom stereocenters. The lowest BCUT2D eigenvalue weighted by molar-refractivity contribution is -0.162. The Bertz CT molecular complexity index is 599. The van der Waals surface area contributed by atoms with Crippen LogP contribution in [0.4, 0.5) is 0 Å². The SMILES string of the molecule is COc1ccc(CN2CC(=O)N(C)C(=O)C2=O)c(OC)c1. The van der Waals surface area contributed by atoms with Gasteiger partial charge >= 0.3 is 11.8 Å². The number of benzene rings is 1. The van der Waals surface area contributed by atoms with Crippen molar-refractivity contribution in [2.75, 3.05) is 27.8 Å². The van der Waals surface area contributed by atoms with Crippen LogP contribution in [-0.2, 0) is 20.9 Å². The minimum Gasteiger partial charge on any atom is -0.497 e. The van der Waals surface area contributed by atoms with Crippen LogP contribution in [0, 0.1) is 0 Å². The monoisotopic (exact) mass is 292 g/mol. The third-order valence-electron chi connectivity index (χ3n) is 3.33. The summed E-state index contributed by atoms with van der Waals surface area (Å²) < 4.78 is 10.3. The fourth-order valence-electron chi connectivity index (χ4n) is 2.05. The molecule has 1 aromatic rings. The maximum atomic E-state index is 11.9. The molecule has 1 aromatic carbocycles. The molecule has 7 heteroatoms. The van der Waals surface area contributed by atoms with E-state index in [2.05, 4.69) is 0 Å². The van der Waals surface area contributed by atoms with Crippen LogP contribution >= 0.6 is 0 Å². The van der Waals surface area contributed by atoms with E-state index in [1.165, 1.54) is 26.2 Å². The lowest BCUT2D eigenvalue weighted by Gasteiger charge is -2.30. The number of methoxy groups -OCH3 is 2. The molecule has 1 heterocycles. The molecule has 21 heavy (non-hydrogen) atoms. The fourth-order valence-corrected chi connectivity index (χ4v) is 2.05. The number of ether oxygens (including phenoxy) is 2. The number of amides is 3. The summed E-state index contributed by atoms with van der Waals surface area (Å²) in [5.74, 6) is -0.783. The number of imide groups is 1. The van der Waals surface area contributed by atoms with Crippen molar-refractivity contribution in [2.24, 2.45) is 0 Å². The summed E-state index contributed by atoms with van der Waals surface area (Å²) in [6.45, 7) is -0.00637. The second-order valence-electron chi connectivity index (χ2n) is 4.60. The topological polar surface area (TPSA) is 76.2 Å². The number of nitrogens with zero attached hydrogens (tertiary/aromatic N) is 2. The van der Waals surface area contributed by atoms with Gasteiger partial charge in [0.25, 0.3) is 0 Å². The third kappa shape index (κ3) is 2.81. The molecule has 3 amide bonds. The average molecular weight is 292 g/mol. The van der Waals surface area contributed by atoms with E-state index in [1.807, 2.05) is 0 Å². The Morgan fingerprint density at radius 1 is 1.10 bits per heavy atom. The zero-order valence-electron chi connectivity index (χ0n) is 12.1. The lowest BCUT2D eigenvalue weighted by Crippen LogP contribution is -2.55. The zero-order chi connectivity index (χ0) is 15.6. The number of likely N-dealkylation sites (N-methyl/N-ethyl adjacent to an activating group) is 1. The highest BCUT2D eigenvalue weighted by atomic mass is 16.5. The molecule has 1 aliphatic rings. The van der Waals surface area contributed by atoms with Crippen LogP contribution in [-0.4, -0.2) is 55.3 Å². The van der Waals surface area contributed by atoms with Gasteiger partial charge in [-0.1, -0.05) is 0 Å². The first-order valence-corrected chi connectivity index (χ1v) is 6.28. The number of piperazine rings is 1. The van der Waals surface area contributed by atoms with Crippen molar-refractivity contribution >= 4 is 17.7 Å². The molecule has 0 aliphatic carbocycles. The van der Waals surface area contributed by atoms with E-state index >= 15 is 0 Å². The number of hydrogen-bond acceptors (Lipinski definition) is 5. The molecule has 1 saturated heterocycles. The molecule has 0 radical (unpaired) electrons.